The smallest absolute Gasteiger partial charge is 0.494 e. The second kappa shape index (κ2) is 42.0. The molecular formula is C65H92N13O23PS. The van der Waals surface area contributed by atoms with E-state index in [1.165, 1.54) is 56.4 Å². The van der Waals surface area contributed by atoms with Crippen molar-refractivity contribution in [3.05, 3.63) is 111 Å². The van der Waals surface area contributed by atoms with Crippen molar-refractivity contribution in [3.8, 4) is 11.5 Å². The van der Waals surface area contributed by atoms with Crippen molar-refractivity contribution in [2.45, 2.75) is 69.5 Å². The van der Waals surface area contributed by atoms with Crippen LogP contribution in [0.25, 0.3) is 10.9 Å². The number of anilines is 1. The second-order valence-electron chi connectivity index (χ2n) is 24.2. The van der Waals surface area contributed by atoms with Gasteiger partial charge in [0.1, 0.15) is 29.1 Å². The molecule has 36 nitrogen and oxygen atoms in total. The number of phosphoric ester groups is 1. The molecule has 1 fully saturated rings. The SMILES string of the molecule is Cc1cc(OCCCC(=O)NCCCOCCOCCOCCCNC(=O)C(Cc2ccc(OP(=O)(O)O)cc2)NC(=O)CN2CCN(CC(=O)O)CCN(CC(=O)O)CCN(CC(=O)O)CC2)cc(C)c1S(=O)(=O)NC(CNC(=O)c1cn(C)c2cc(CNc3ncc[nH]3)ccc2c1=O)C(=O)O. The molecule has 1 aliphatic rings. The van der Waals surface area contributed by atoms with E-state index < -0.39 is 83.5 Å². The molecule has 38 heteroatoms. The molecule has 0 radical (unpaired) electrons. The van der Waals surface area contributed by atoms with Crippen LogP contribution in [0.5, 0.6) is 11.5 Å². The lowest BCUT2D eigenvalue weighted by Crippen LogP contribution is -2.53. The average molecular weight is 1490 g/mol. The van der Waals surface area contributed by atoms with E-state index in [2.05, 4.69) is 45.8 Å². The Morgan fingerprint density at radius 3 is 1.70 bits per heavy atom. The molecule has 0 bridgehead atoms. The summed E-state index contributed by atoms with van der Waals surface area (Å²) in [4.78, 5) is 146. The van der Waals surface area contributed by atoms with Crippen molar-refractivity contribution < 1.29 is 105 Å². The Bertz CT molecular complexity index is 3830. The fourth-order valence-electron chi connectivity index (χ4n) is 10.9. The van der Waals surface area contributed by atoms with Gasteiger partial charge in [-0.25, -0.2) is 18.0 Å². The first-order valence-electron chi connectivity index (χ1n) is 33.1. The number of H-pyrrole nitrogens is 1. The quantitative estimate of drug-likeness (QED) is 0.0174. The van der Waals surface area contributed by atoms with Crippen LogP contribution >= 0.6 is 7.82 Å². The van der Waals surface area contributed by atoms with Gasteiger partial charge in [0.2, 0.25) is 33.2 Å². The number of hydrogen-bond acceptors (Lipinski definition) is 23. The highest BCUT2D eigenvalue weighted by atomic mass is 32.2. The molecule has 1 saturated heterocycles. The molecule has 4 amide bonds. The monoisotopic (exact) mass is 1490 g/mol. The van der Waals surface area contributed by atoms with Crippen molar-refractivity contribution in [3.63, 3.8) is 0 Å². The molecule has 2 aromatic heterocycles. The number of pyridine rings is 1. The molecule has 13 N–H and O–H groups in total. The molecule has 5 aromatic rings. The van der Waals surface area contributed by atoms with Gasteiger partial charge in [-0.3, -0.25) is 72.5 Å². The first-order valence-corrected chi connectivity index (χ1v) is 36.1. The van der Waals surface area contributed by atoms with Crippen LogP contribution in [0.2, 0.25) is 0 Å². The zero-order valence-electron chi connectivity index (χ0n) is 57.5. The number of sulfonamides is 1. The van der Waals surface area contributed by atoms with Crippen molar-refractivity contribution >= 4 is 82.2 Å². The topological polar surface area (TPSA) is 491 Å². The number of carboxylic acid groups (broad SMARTS) is 4. The van der Waals surface area contributed by atoms with E-state index in [1.54, 1.807) is 61.8 Å². The van der Waals surface area contributed by atoms with Gasteiger partial charge in [0.15, 0.2) is 5.95 Å². The van der Waals surface area contributed by atoms with Crippen molar-refractivity contribution in [1.29, 1.82) is 0 Å². The second-order valence-corrected chi connectivity index (χ2v) is 27.0. The first kappa shape index (κ1) is 83.0. The lowest BCUT2D eigenvalue weighted by molar-refractivity contribution is -0.140. The molecule has 2 unspecified atom stereocenters. The number of carbonyl (C=O) groups is 8. The highest BCUT2D eigenvalue weighted by Gasteiger charge is 2.31. The molecule has 2 atom stereocenters. The molecule has 3 aromatic carbocycles. The standard InChI is InChI=1S/C65H92N13O23PS/c1-44-33-49(34-45(2)61(44)103(95,96)73-53(64(90)91)38-70-62(88)51-39-74(3)54-36-47(10-13-50(54)60(51)87)37-71-65-68-16-17-69-65)100-28-4-7-55(79)66-14-5-26-97-29-31-99-32-30-98-27-6-15-67-63(89)52(35-46-8-11-48(12-9-46)101-102(92,93)94)72-56(80)40-75-18-20-76(41-57(81)82)22-24-78(43-59(85)86)25-23-77(21-19-75)42-58(83)84/h8-13,16-17,33-34,36,39,52-53,73H,4-7,14-15,18-32,35,37-38,40-43H2,1-3H3,(H,66,79)(H,67,89)(H,70,88)(H,72,80)(H,81,82)(H,83,84)(H,85,86)(H,90,91)(H2,68,69,71)(H2,92,93,94). The molecule has 0 aliphatic carbocycles. The zero-order valence-corrected chi connectivity index (χ0v) is 59.3. The molecule has 0 spiro atoms. The summed E-state index contributed by atoms with van der Waals surface area (Å²) in [6.07, 6.45) is 5.92. The Kier molecular flexibility index (Phi) is 33.8. The van der Waals surface area contributed by atoms with E-state index in [9.17, 15) is 86.3 Å². The number of aromatic amines is 1. The lowest BCUT2D eigenvalue weighted by Gasteiger charge is -2.33. The summed E-state index contributed by atoms with van der Waals surface area (Å²) in [5, 5.41) is 52.8. The van der Waals surface area contributed by atoms with E-state index >= 15 is 0 Å². The lowest BCUT2D eigenvalue weighted by atomic mass is 10.0. The summed E-state index contributed by atoms with van der Waals surface area (Å²) in [5.41, 5.74) is 1.50. The van der Waals surface area contributed by atoms with E-state index in [4.69, 9.17) is 18.9 Å². The highest BCUT2D eigenvalue weighted by molar-refractivity contribution is 7.89. The minimum absolute atomic E-state index is 0.0530. The Morgan fingerprint density at radius 1 is 0.641 bits per heavy atom. The number of benzene rings is 3. The minimum atomic E-state index is -4.86. The predicted octanol–water partition coefficient (Wildman–Crippen LogP) is -0.452. The maximum Gasteiger partial charge on any atom is 0.524 e. The number of carbonyl (C=O) groups excluding carboxylic acids is 4. The summed E-state index contributed by atoms with van der Waals surface area (Å²) in [6, 6.07) is 10.6. The highest BCUT2D eigenvalue weighted by Crippen LogP contribution is 2.37. The van der Waals surface area contributed by atoms with Gasteiger partial charge in [-0.1, -0.05) is 18.2 Å². The number of hydrogen-bond donors (Lipinski definition) is 13. The number of ether oxygens (including phenoxy) is 4. The molecule has 0 saturated carbocycles. The number of nitrogens with zero attached hydrogens (tertiary/aromatic N) is 6. The van der Waals surface area contributed by atoms with E-state index in [0.717, 1.165) is 5.56 Å². The fourth-order valence-corrected chi connectivity index (χ4v) is 13.0. The van der Waals surface area contributed by atoms with Crippen LogP contribution < -0.4 is 46.0 Å². The number of aliphatic carboxylic acids is 4. The maximum absolute atomic E-state index is 13.8. The van der Waals surface area contributed by atoms with Gasteiger partial charge < -0.3 is 80.0 Å². The van der Waals surface area contributed by atoms with Crippen LogP contribution in [-0.4, -0.2) is 277 Å². The Morgan fingerprint density at radius 2 is 1.17 bits per heavy atom. The largest absolute Gasteiger partial charge is 0.524 e. The predicted molar refractivity (Wildman–Crippen MR) is 371 cm³/mol. The Labute approximate surface area is 594 Å². The van der Waals surface area contributed by atoms with Crippen LogP contribution in [0.15, 0.2) is 82.9 Å². The summed E-state index contributed by atoms with van der Waals surface area (Å²) in [7, 11) is -7.70. The molecular weight excluding hydrogens is 1390 g/mol. The zero-order chi connectivity index (χ0) is 75.1. The summed E-state index contributed by atoms with van der Waals surface area (Å²) < 4.78 is 69.8. The van der Waals surface area contributed by atoms with Gasteiger partial charge in [-0.2, -0.15) is 4.72 Å². The van der Waals surface area contributed by atoms with Crippen LogP contribution in [0, 0.1) is 13.8 Å². The number of nitrogens with one attached hydrogen (secondary N) is 7. The fraction of sp³-hybridized carbons (Fsp3) is 0.508. The molecule has 103 heavy (non-hydrogen) atoms. The van der Waals surface area contributed by atoms with E-state index in [-0.39, 0.29) is 176 Å². The number of amides is 4. The van der Waals surface area contributed by atoms with Crippen LogP contribution in [-0.2, 0) is 82.4 Å². The summed E-state index contributed by atoms with van der Waals surface area (Å²) in [5.74, 6) is -6.39. The Balaban J connectivity index is 0.840. The molecule has 1 aliphatic heterocycles. The number of aryl methyl sites for hydroxylation is 3. The van der Waals surface area contributed by atoms with E-state index in [1.807, 2.05) is 0 Å². The minimum Gasteiger partial charge on any atom is -0.494 e. The third kappa shape index (κ3) is 30.1. The van der Waals surface area contributed by atoms with Gasteiger partial charge in [0.05, 0.1) is 69.6 Å². The van der Waals surface area contributed by atoms with Gasteiger partial charge in [0.25, 0.3) is 5.91 Å². The van der Waals surface area contributed by atoms with Crippen molar-refractivity contribution in [1.82, 2.24) is 60.1 Å². The number of phosphoric acid groups is 1. The van der Waals surface area contributed by atoms with Gasteiger partial charge in [-0.15, -0.1) is 0 Å². The third-order valence-corrected chi connectivity index (χ3v) is 18.2. The van der Waals surface area contributed by atoms with Crippen LogP contribution in [0.3, 0.4) is 0 Å². The first-order chi connectivity index (χ1) is 49.0. The summed E-state index contributed by atoms with van der Waals surface area (Å²) >= 11 is 0. The van der Waals surface area contributed by atoms with E-state index in [0.29, 0.717) is 61.7 Å². The van der Waals surface area contributed by atoms with Crippen LogP contribution in [0.1, 0.15) is 58.3 Å². The molecule has 6 rings (SSSR count). The number of carboxylic acids is 4. The van der Waals surface area contributed by atoms with Crippen molar-refractivity contribution in [2.24, 2.45) is 7.05 Å². The molecule has 566 valence electrons. The summed E-state index contributed by atoms with van der Waals surface area (Å²) in [6.45, 7) is 5.01. The third-order valence-electron chi connectivity index (χ3n) is 15.9. The Hall–Kier alpha value is -8.98. The maximum atomic E-state index is 13.8. The van der Waals surface area contributed by atoms with Gasteiger partial charge in [0, 0.05) is 136 Å². The molecule has 3 heterocycles. The normalized spacial score (nSPS) is 14.5. The number of fused-ring (bicyclic) bond motifs is 1. The number of aromatic nitrogens is 3. The van der Waals surface area contributed by atoms with Gasteiger partial charge >= 0.3 is 31.7 Å². The average Bonchev–Trinajstić information content (AvgIpc) is 0.983. The number of rotatable bonds is 43. The van der Waals surface area contributed by atoms with Crippen molar-refractivity contribution in [2.75, 3.05) is 150 Å². The number of imidazole rings is 1. The van der Waals surface area contributed by atoms with Gasteiger partial charge in [-0.05, 0) is 91.8 Å². The van der Waals surface area contributed by atoms with Crippen LogP contribution in [0.4, 0.5) is 5.95 Å².